The monoisotopic (exact) mass is 238 g/mol. The Balaban J connectivity index is 2.15. The summed E-state index contributed by atoms with van der Waals surface area (Å²) in [5, 5.41) is 2.82. The van der Waals surface area contributed by atoms with Crippen LogP contribution in [0, 0.1) is 0 Å². The number of thioether (sulfide) groups is 1. The van der Waals surface area contributed by atoms with Gasteiger partial charge in [0.05, 0.1) is 6.04 Å². The summed E-state index contributed by atoms with van der Waals surface area (Å²) in [5.74, 6) is 0.808. The molecule has 16 heavy (non-hydrogen) atoms. The van der Waals surface area contributed by atoms with Crippen molar-refractivity contribution in [2.45, 2.75) is 24.3 Å². The normalized spacial score (nSPS) is 12.1. The van der Waals surface area contributed by atoms with Crippen LogP contribution < -0.4 is 11.1 Å². The molecule has 0 aliphatic rings. The molecule has 3 nitrogen and oxygen atoms in total. The number of rotatable bonds is 6. The molecule has 1 aromatic carbocycles. The Kier molecular flexibility index (Phi) is 5.96. The quantitative estimate of drug-likeness (QED) is 0.585. The van der Waals surface area contributed by atoms with Crippen LogP contribution in [0.2, 0.25) is 0 Å². The maximum absolute atomic E-state index is 11.3. The third-order valence-electron chi connectivity index (χ3n) is 2.19. The van der Waals surface area contributed by atoms with Crippen LogP contribution in [-0.2, 0) is 4.79 Å². The van der Waals surface area contributed by atoms with Gasteiger partial charge in [0.25, 0.3) is 0 Å². The van der Waals surface area contributed by atoms with Crippen molar-refractivity contribution in [1.82, 2.24) is 5.32 Å². The molecule has 1 aromatic rings. The highest BCUT2D eigenvalue weighted by atomic mass is 32.2. The van der Waals surface area contributed by atoms with Crippen LogP contribution in [0.5, 0.6) is 0 Å². The maximum atomic E-state index is 11.3. The van der Waals surface area contributed by atoms with Gasteiger partial charge in [-0.1, -0.05) is 25.1 Å². The van der Waals surface area contributed by atoms with E-state index in [1.807, 2.05) is 25.1 Å². The zero-order valence-corrected chi connectivity index (χ0v) is 10.3. The number of nitrogens with one attached hydrogen (secondary N) is 1. The van der Waals surface area contributed by atoms with Gasteiger partial charge in [0.1, 0.15) is 0 Å². The van der Waals surface area contributed by atoms with Crippen LogP contribution in [0.1, 0.15) is 13.3 Å². The van der Waals surface area contributed by atoms with Crippen molar-refractivity contribution in [2.24, 2.45) is 5.73 Å². The van der Waals surface area contributed by atoms with Crippen molar-refractivity contribution in [3.8, 4) is 0 Å². The second-order valence-corrected chi connectivity index (χ2v) is 4.64. The van der Waals surface area contributed by atoms with Gasteiger partial charge in [-0.15, -0.1) is 11.8 Å². The van der Waals surface area contributed by atoms with E-state index in [4.69, 9.17) is 5.73 Å². The van der Waals surface area contributed by atoms with Crippen LogP contribution in [0.15, 0.2) is 35.2 Å². The molecule has 1 atom stereocenters. The Morgan fingerprint density at radius 1 is 1.44 bits per heavy atom. The molecule has 0 heterocycles. The highest BCUT2D eigenvalue weighted by Crippen LogP contribution is 2.15. The Hall–Kier alpha value is -1.00. The minimum atomic E-state index is -0.373. The predicted molar refractivity (Wildman–Crippen MR) is 68.4 cm³/mol. The molecule has 0 spiro atoms. The summed E-state index contributed by atoms with van der Waals surface area (Å²) in [6.45, 7) is 2.56. The third-order valence-corrected chi connectivity index (χ3v) is 3.20. The van der Waals surface area contributed by atoms with E-state index in [0.717, 1.165) is 5.75 Å². The number of hydrogen-bond donors (Lipinski definition) is 2. The first-order chi connectivity index (χ1) is 7.74. The first kappa shape index (κ1) is 13.1. The summed E-state index contributed by atoms with van der Waals surface area (Å²) in [7, 11) is 0. The fourth-order valence-electron chi connectivity index (χ4n) is 1.18. The number of hydrogen-bond acceptors (Lipinski definition) is 3. The highest BCUT2D eigenvalue weighted by Gasteiger charge is 2.08. The second-order valence-electron chi connectivity index (χ2n) is 3.47. The Morgan fingerprint density at radius 3 is 2.75 bits per heavy atom. The van der Waals surface area contributed by atoms with Crippen molar-refractivity contribution in [3.05, 3.63) is 30.3 Å². The predicted octanol–water partition coefficient (Wildman–Crippen LogP) is 1.63. The number of carbonyl (C=O) groups is 1. The molecule has 0 bridgehead atoms. The molecular weight excluding hydrogens is 220 g/mol. The summed E-state index contributed by atoms with van der Waals surface area (Å²) in [6, 6.07) is 9.75. The van der Waals surface area contributed by atoms with Crippen LogP contribution in [-0.4, -0.2) is 24.2 Å². The van der Waals surface area contributed by atoms with Gasteiger partial charge >= 0.3 is 0 Å². The minimum absolute atomic E-state index is 0.0591. The van der Waals surface area contributed by atoms with Gasteiger partial charge in [-0.05, 0) is 18.6 Å². The summed E-state index contributed by atoms with van der Waals surface area (Å²) >= 11 is 1.73. The zero-order valence-electron chi connectivity index (χ0n) is 9.48. The van der Waals surface area contributed by atoms with Crippen LogP contribution in [0.4, 0.5) is 0 Å². The lowest BCUT2D eigenvalue weighted by Gasteiger charge is -2.09. The molecule has 0 aliphatic carbocycles. The van der Waals surface area contributed by atoms with Gasteiger partial charge in [0.15, 0.2) is 0 Å². The summed E-state index contributed by atoms with van der Waals surface area (Å²) in [4.78, 5) is 12.6. The molecule has 4 heteroatoms. The molecule has 3 N–H and O–H groups in total. The van der Waals surface area contributed by atoms with E-state index in [2.05, 4.69) is 17.4 Å². The van der Waals surface area contributed by atoms with E-state index < -0.39 is 0 Å². The van der Waals surface area contributed by atoms with E-state index in [1.54, 1.807) is 11.8 Å². The molecular formula is C12H18N2OS. The molecule has 1 amide bonds. The third kappa shape index (κ3) is 4.68. The molecule has 88 valence electrons. The van der Waals surface area contributed by atoms with Crippen molar-refractivity contribution in [1.29, 1.82) is 0 Å². The smallest absolute Gasteiger partial charge is 0.236 e. The lowest BCUT2D eigenvalue weighted by Crippen LogP contribution is -2.40. The number of nitrogens with two attached hydrogens (primary N) is 1. The van der Waals surface area contributed by atoms with E-state index in [0.29, 0.717) is 13.0 Å². The molecule has 0 radical (unpaired) electrons. The fraction of sp³-hybridized carbons (Fsp3) is 0.417. The number of benzene rings is 1. The summed E-state index contributed by atoms with van der Waals surface area (Å²) < 4.78 is 0. The van der Waals surface area contributed by atoms with Crippen molar-refractivity contribution in [2.75, 3.05) is 12.3 Å². The fourth-order valence-corrected chi connectivity index (χ4v) is 1.97. The molecule has 0 aliphatic heterocycles. The van der Waals surface area contributed by atoms with Crippen LogP contribution in [0.25, 0.3) is 0 Å². The SMILES string of the molecule is CCC(N)C(=O)NCCSc1ccccc1. The molecule has 1 rings (SSSR count). The Labute approximate surface area is 101 Å². The topological polar surface area (TPSA) is 55.1 Å². The van der Waals surface area contributed by atoms with Crippen molar-refractivity contribution < 1.29 is 4.79 Å². The van der Waals surface area contributed by atoms with Crippen LogP contribution in [0.3, 0.4) is 0 Å². The number of carbonyl (C=O) groups excluding carboxylic acids is 1. The van der Waals surface area contributed by atoms with Gasteiger partial charge in [-0.3, -0.25) is 4.79 Å². The lowest BCUT2D eigenvalue weighted by molar-refractivity contribution is -0.122. The Morgan fingerprint density at radius 2 is 2.12 bits per heavy atom. The van der Waals surface area contributed by atoms with Crippen molar-refractivity contribution in [3.63, 3.8) is 0 Å². The van der Waals surface area contributed by atoms with Crippen molar-refractivity contribution >= 4 is 17.7 Å². The molecule has 1 unspecified atom stereocenters. The van der Waals surface area contributed by atoms with Gasteiger partial charge in [0.2, 0.25) is 5.91 Å². The molecule has 0 aromatic heterocycles. The first-order valence-corrected chi connectivity index (χ1v) is 6.43. The van der Waals surface area contributed by atoms with Gasteiger partial charge in [-0.2, -0.15) is 0 Å². The molecule has 0 fully saturated rings. The minimum Gasteiger partial charge on any atom is -0.354 e. The lowest BCUT2D eigenvalue weighted by atomic mass is 10.2. The Bertz CT molecular complexity index is 316. The molecule has 0 saturated heterocycles. The van der Waals surface area contributed by atoms with Crippen LogP contribution >= 0.6 is 11.8 Å². The van der Waals surface area contributed by atoms with Gasteiger partial charge in [0, 0.05) is 17.2 Å². The highest BCUT2D eigenvalue weighted by molar-refractivity contribution is 7.99. The zero-order chi connectivity index (χ0) is 11.8. The average Bonchev–Trinajstić information content (AvgIpc) is 2.34. The van der Waals surface area contributed by atoms with E-state index in [1.165, 1.54) is 4.90 Å². The first-order valence-electron chi connectivity index (χ1n) is 5.45. The van der Waals surface area contributed by atoms with Gasteiger partial charge in [-0.25, -0.2) is 0 Å². The molecule has 0 saturated carbocycles. The number of amides is 1. The standard InChI is InChI=1S/C12H18N2OS/c1-2-11(13)12(15)14-8-9-16-10-6-4-3-5-7-10/h3-7,11H,2,8-9,13H2,1H3,(H,14,15). The summed E-state index contributed by atoms with van der Waals surface area (Å²) in [5.41, 5.74) is 5.59. The van der Waals surface area contributed by atoms with E-state index in [-0.39, 0.29) is 11.9 Å². The summed E-state index contributed by atoms with van der Waals surface area (Å²) in [6.07, 6.45) is 0.678. The van der Waals surface area contributed by atoms with E-state index >= 15 is 0 Å². The van der Waals surface area contributed by atoms with E-state index in [9.17, 15) is 4.79 Å². The maximum Gasteiger partial charge on any atom is 0.236 e. The van der Waals surface area contributed by atoms with Gasteiger partial charge < -0.3 is 11.1 Å². The largest absolute Gasteiger partial charge is 0.354 e. The average molecular weight is 238 g/mol. The second kappa shape index (κ2) is 7.30.